The van der Waals surface area contributed by atoms with E-state index in [4.69, 9.17) is 22.1 Å². The van der Waals surface area contributed by atoms with Gasteiger partial charge in [-0.25, -0.2) is 36.6 Å². The second kappa shape index (κ2) is 13.8. The first kappa shape index (κ1) is 37.8. The fourth-order valence-corrected chi connectivity index (χ4v) is 7.02. The lowest BCUT2D eigenvalue weighted by molar-refractivity contribution is -0.153. The number of nitrogens with zero attached hydrogens (tertiary/aromatic N) is 6. The number of aromatic nitrogens is 4. The van der Waals surface area contributed by atoms with Gasteiger partial charge < -0.3 is 10.5 Å². The summed E-state index contributed by atoms with van der Waals surface area (Å²) < 4.78 is 79.2. The van der Waals surface area contributed by atoms with Gasteiger partial charge in [-0.05, 0) is 67.5 Å². The van der Waals surface area contributed by atoms with Crippen LogP contribution >= 0.6 is 11.6 Å². The third kappa shape index (κ3) is 7.35. The lowest BCUT2D eigenvalue weighted by atomic mass is 9.75. The molecule has 280 valence electrons. The van der Waals surface area contributed by atoms with E-state index >= 15 is 4.39 Å². The summed E-state index contributed by atoms with van der Waals surface area (Å²) in [7, 11) is 0. The number of hydrogen-bond acceptors (Lipinski definition) is 8. The van der Waals surface area contributed by atoms with Crippen LogP contribution in [0.2, 0.25) is 5.02 Å². The molecule has 4 aromatic rings. The van der Waals surface area contributed by atoms with Crippen LogP contribution in [0, 0.1) is 16.6 Å². The molecule has 0 radical (unpaired) electrons. The first-order valence-corrected chi connectivity index (χ1v) is 17.2. The lowest BCUT2D eigenvalue weighted by Gasteiger charge is -2.35. The Morgan fingerprint density at radius 2 is 1.79 bits per heavy atom. The molecule has 1 fully saturated rings. The van der Waals surface area contributed by atoms with Gasteiger partial charge in [0.15, 0.2) is 17.3 Å². The van der Waals surface area contributed by atoms with E-state index in [1.54, 1.807) is 30.5 Å². The van der Waals surface area contributed by atoms with E-state index in [-0.39, 0.29) is 47.1 Å². The van der Waals surface area contributed by atoms with Crippen LogP contribution in [0.3, 0.4) is 0 Å². The number of guanidine groups is 1. The van der Waals surface area contributed by atoms with Gasteiger partial charge in [-0.1, -0.05) is 56.6 Å². The van der Waals surface area contributed by atoms with Crippen molar-refractivity contribution < 1.29 is 36.3 Å². The Labute approximate surface area is 307 Å². The lowest BCUT2D eigenvalue weighted by Crippen LogP contribution is -2.47. The summed E-state index contributed by atoms with van der Waals surface area (Å²) in [5, 5.41) is 3.88. The zero-order valence-electron chi connectivity index (χ0n) is 29.3. The summed E-state index contributed by atoms with van der Waals surface area (Å²) in [5.41, 5.74) is 3.49. The number of rotatable bonds is 12. The Morgan fingerprint density at radius 3 is 2.40 bits per heavy atom. The van der Waals surface area contributed by atoms with Crippen LogP contribution in [-0.2, 0) is 19.9 Å². The van der Waals surface area contributed by atoms with Crippen LogP contribution in [0.4, 0.5) is 22.0 Å². The van der Waals surface area contributed by atoms with Crippen molar-refractivity contribution in [2.75, 3.05) is 6.61 Å². The highest BCUT2D eigenvalue weighted by atomic mass is 35.5. The summed E-state index contributed by atoms with van der Waals surface area (Å²) in [6.45, 7) is 5.67. The Morgan fingerprint density at radius 1 is 1.06 bits per heavy atom. The van der Waals surface area contributed by atoms with Gasteiger partial charge in [-0.15, -0.1) is 0 Å². The molecule has 2 N–H and O–H groups in total. The molecule has 0 saturated heterocycles. The fourth-order valence-electron chi connectivity index (χ4n) is 6.82. The number of carbonyl (C=O) groups excluding carboxylic acids is 2. The first-order chi connectivity index (χ1) is 24.9. The summed E-state index contributed by atoms with van der Waals surface area (Å²) in [5.74, 6) is -6.66. The number of amides is 1. The first-order valence-electron chi connectivity index (χ1n) is 16.8. The van der Waals surface area contributed by atoms with E-state index in [2.05, 4.69) is 20.1 Å². The molecule has 6 rings (SSSR count). The Bertz CT molecular complexity index is 2060. The van der Waals surface area contributed by atoms with E-state index in [0.29, 0.717) is 11.3 Å². The molecule has 2 atom stereocenters. The van der Waals surface area contributed by atoms with Gasteiger partial charge >= 0.3 is 5.97 Å². The van der Waals surface area contributed by atoms with Crippen LogP contribution in [-0.4, -0.2) is 55.0 Å². The third-order valence-electron chi connectivity index (χ3n) is 9.62. The summed E-state index contributed by atoms with van der Waals surface area (Å²) in [6.07, 6.45) is -0.876. The van der Waals surface area contributed by atoms with Gasteiger partial charge in [0.2, 0.25) is 0 Å². The number of carbonyl (C=O) groups is 2. The quantitative estimate of drug-likeness (QED) is 0.115. The molecule has 16 heteroatoms. The topological polar surface area (TPSA) is 129 Å². The van der Waals surface area contributed by atoms with Gasteiger partial charge in [0.1, 0.15) is 18.8 Å². The number of nitrogens with two attached hydrogens (primary N) is 1. The zero-order valence-corrected chi connectivity index (χ0v) is 30.1. The third-order valence-corrected chi connectivity index (χ3v) is 9.94. The molecule has 3 heterocycles. The van der Waals surface area contributed by atoms with Crippen LogP contribution in [0.5, 0.6) is 0 Å². The number of alkyl halides is 4. The van der Waals surface area contributed by atoms with E-state index < -0.39 is 71.3 Å². The molecule has 0 unspecified atom stereocenters. The molecule has 1 aliphatic heterocycles. The standard InChI is InChI=1S/C37H37ClF5N7O3/c1-34(2,3)19-37(23-10-8-21(15-25(23)39)26-7-5-6-14-45-26)32(52)49(33(44)48-37)28(18-53-29(51)17-36(12-13-36)35(4,42)43)22-9-11-24(38)27(16-22)50-31(30(40)41)46-20-47-50/h5-11,14-16,20,28,30H,12-13,17-19H2,1-4H3,(H2,44,48)/t28-,37-/m1/s1. The number of ether oxygens (including phenoxy) is 1. The van der Waals surface area contributed by atoms with Crippen molar-refractivity contribution in [1.29, 1.82) is 0 Å². The normalized spacial score (nSPS) is 19.0. The molecule has 2 aromatic heterocycles. The largest absolute Gasteiger partial charge is 0.463 e. The van der Waals surface area contributed by atoms with Gasteiger partial charge in [-0.3, -0.25) is 19.5 Å². The maximum atomic E-state index is 16.3. The maximum absolute atomic E-state index is 16.3. The summed E-state index contributed by atoms with van der Waals surface area (Å²) >= 11 is 6.44. The number of esters is 1. The molecule has 1 amide bonds. The molecule has 53 heavy (non-hydrogen) atoms. The number of hydrogen-bond donors (Lipinski definition) is 1. The van der Waals surface area contributed by atoms with E-state index in [9.17, 15) is 27.2 Å². The van der Waals surface area contributed by atoms with Gasteiger partial charge in [0.25, 0.3) is 18.3 Å². The second-order valence-corrected chi connectivity index (χ2v) is 15.1. The Kier molecular flexibility index (Phi) is 9.86. The highest BCUT2D eigenvalue weighted by molar-refractivity contribution is 6.32. The van der Waals surface area contributed by atoms with E-state index in [1.807, 2.05) is 20.8 Å². The Balaban J connectivity index is 1.43. The summed E-state index contributed by atoms with van der Waals surface area (Å²) in [6, 6.07) is 12.4. The zero-order chi connectivity index (χ0) is 38.5. The van der Waals surface area contributed by atoms with Crippen molar-refractivity contribution in [2.24, 2.45) is 21.6 Å². The smallest absolute Gasteiger partial charge is 0.306 e. The predicted molar refractivity (Wildman–Crippen MR) is 186 cm³/mol. The van der Waals surface area contributed by atoms with Crippen LogP contribution in [0.25, 0.3) is 16.9 Å². The number of halogens is 6. The average Bonchev–Trinajstić information content (AvgIpc) is 3.63. The van der Waals surface area contributed by atoms with Gasteiger partial charge in [-0.2, -0.15) is 5.10 Å². The van der Waals surface area contributed by atoms with Crippen molar-refractivity contribution >= 4 is 29.4 Å². The van der Waals surface area contributed by atoms with Crippen LogP contribution in [0.1, 0.15) is 82.8 Å². The number of aliphatic imine (C=N–C) groups is 1. The molecule has 0 bridgehead atoms. The average molecular weight is 758 g/mol. The minimum Gasteiger partial charge on any atom is -0.463 e. The van der Waals surface area contributed by atoms with Crippen LogP contribution < -0.4 is 5.73 Å². The SMILES string of the molecule is CC(C)(C)C[C@]1(c2ccc(-c3ccccn3)cc2F)N=C(N)N([C@H](COC(=O)CC2(C(C)(F)F)CC2)c2ccc(Cl)c(-n3ncnc3C(F)F)c2)C1=O. The molecular weight excluding hydrogens is 721 g/mol. The van der Waals surface area contributed by atoms with Crippen molar-refractivity contribution in [3.05, 3.63) is 94.9 Å². The highest BCUT2D eigenvalue weighted by Gasteiger charge is 2.60. The van der Waals surface area contributed by atoms with Crippen molar-refractivity contribution in [2.45, 2.75) is 77.3 Å². The van der Waals surface area contributed by atoms with Crippen LogP contribution in [0.15, 0.2) is 72.1 Å². The fraction of sp³-hybridized carbons (Fsp3) is 0.405. The maximum Gasteiger partial charge on any atom is 0.306 e. The van der Waals surface area contributed by atoms with Gasteiger partial charge in [0, 0.05) is 22.7 Å². The molecule has 1 saturated carbocycles. The minimum absolute atomic E-state index is 0.00993. The molecular formula is C37H37ClF5N7O3. The highest BCUT2D eigenvalue weighted by Crippen LogP contribution is 2.59. The van der Waals surface area contributed by atoms with Crippen molar-refractivity contribution in [3.63, 3.8) is 0 Å². The molecule has 10 nitrogen and oxygen atoms in total. The molecule has 2 aromatic carbocycles. The van der Waals surface area contributed by atoms with Gasteiger partial charge in [0.05, 0.1) is 28.9 Å². The number of pyridine rings is 1. The second-order valence-electron chi connectivity index (χ2n) is 14.7. The monoisotopic (exact) mass is 757 g/mol. The predicted octanol–water partition coefficient (Wildman–Crippen LogP) is 7.96. The van der Waals surface area contributed by atoms with E-state index in [1.165, 1.54) is 30.3 Å². The minimum atomic E-state index is -3.14. The van der Waals surface area contributed by atoms with E-state index in [0.717, 1.165) is 22.8 Å². The Hall–Kier alpha value is -4.92. The number of benzene rings is 2. The summed E-state index contributed by atoms with van der Waals surface area (Å²) in [4.78, 5) is 41.6. The molecule has 2 aliphatic rings. The molecule has 0 spiro atoms. The van der Waals surface area contributed by atoms with Crippen molar-refractivity contribution in [1.82, 2.24) is 24.6 Å². The molecule has 1 aliphatic carbocycles. The van der Waals surface area contributed by atoms with Crippen molar-refractivity contribution in [3.8, 4) is 16.9 Å².